The lowest BCUT2D eigenvalue weighted by molar-refractivity contribution is 1.29. The molecule has 0 aliphatic rings. The van der Waals surface area contributed by atoms with Crippen molar-refractivity contribution in [1.29, 1.82) is 0 Å². The number of halogens is 3. The third kappa shape index (κ3) is 2.26. The summed E-state index contributed by atoms with van der Waals surface area (Å²) in [7, 11) is 0. The van der Waals surface area contributed by atoms with Crippen molar-refractivity contribution in [2.24, 2.45) is 0 Å². The van der Waals surface area contributed by atoms with Gasteiger partial charge in [-0.25, -0.2) is 9.97 Å². The first-order chi connectivity index (χ1) is 7.08. The summed E-state index contributed by atoms with van der Waals surface area (Å²) in [5.74, 6) is 0. The Morgan fingerprint density at radius 2 is 1.93 bits per heavy atom. The van der Waals surface area contributed by atoms with E-state index in [1.165, 1.54) is 11.3 Å². The van der Waals surface area contributed by atoms with E-state index in [0.29, 0.717) is 15.7 Å². The maximum Gasteiger partial charge on any atom is 0.148 e. The van der Waals surface area contributed by atoms with Gasteiger partial charge in [-0.05, 0) is 13.0 Å². The maximum absolute atomic E-state index is 6.02. The minimum Gasteiger partial charge on any atom is -0.249 e. The summed E-state index contributed by atoms with van der Waals surface area (Å²) in [5.41, 5.74) is 0.622. The molecule has 2 rings (SSSR count). The Bertz CT molecular complexity index is 510. The fourth-order valence-corrected chi connectivity index (χ4v) is 2.52. The minimum absolute atomic E-state index is 0.252. The Balaban J connectivity index is 2.58. The van der Waals surface area contributed by atoms with Gasteiger partial charge in [0.15, 0.2) is 0 Å². The Morgan fingerprint density at radius 3 is 2.53 bits per heavy atom. The van der Waals surface area contributed by atoms with Gasteiger partial charge in [-0.2, -0.15) is 0 Å². The van der Waals surface area contributed by atoms with E-state index < -0.39 is 0 Å². The molecule has 2 nitrogen and oxygen atoms in total. The van der Waals surface area contributed by atoms with Gasteiger partial charge in [0.2, 0.25) is 0 Å². The van der Waals surface area contributed by atoms with Crippen LogP contribution in [0.25, 0.3) is 10.6 Å². The van der Waals surface area contributed by atoms with Crippen LogP contribution in [0, 0.1) is 6.92 Å². The van der Waals surface area contributed by atoms with Crippen molar-refractivity contribution >= 4 is 46.1 Å². The molecule has 0 saturated heterocycles. The van der Waals surface area contributed by atoms with Crippen LogP contribution in [0.4, 0.5) is 0 Å². The molecule has 2 heterocycles. The van der Waals surface area contributed by atoms with E-state index >= 15 is 0 Å². The number of aromatic nitrogens is 2. The lowest BCUT2D eigenvalue weighted by atomic mass is 10.3. The molecule has 0 spiro atoms. The van der Waals surface area contributed by atoms with Crippen molar-refractivity contribution in [2.45, 2.75) is 6.92 Å². The van der Waals surface area contributed by atoms with Crippen LogP contribution < -0.4 is 0 Å². The van der Waals surface area contributed by atoms with Gasteiger partial charge in [-0.3, -0.25) is 0 Å². The largest absolute Gasteiger partial charge is 0.249 e. The lowest BCUT2D eigenvalue weighted by Crippen LogP contribution is -1.84. The van der Waals surface area contributed by atoms with Gasteiger partial charge in [0, 0.05) is 6.20 Å². The van der Waals surface area contributed by atoms with Crippen LogP contribution in [0.3, 0.4) is 0 Å². The molecule has 0 N–H and O–H groups in total. The molecule has 0 amide bonds. The summed E-state index contributed by atoms with van der Waals surface area (Å²) >= 11 is 19.1. The molecule has 0 bridgehead atoms. The molecule has 0 aromatic carbocycles. The smallest absolute Gasteiger partial charge is 0.148 e. The predicted octanol–water partition coefficient (Wildman–Crippen LogP) is 4.47. The first-order valence-corrected chi connectivity index (χ1v) is 5.97. The van der Waals surface area contributed by atoms with Crippen molar-refractivity contribution in [2.75, 3.05) is 0 Å². The van der Waals surface area contributed by atoms with Gasteiger partial charge < -0.3 is 0 Å². The zero-order valence-corrected chi connectivity index (χ0v) is 10.7. The SMILES string of the molecule is Cc1ncc(-c2nc(Cl)c(Cl)cc2Cl)s1. The quantitative estimate of drug-likeness (QED) is 0.720. The Hall–Kier alpha value is -0.350. The first-order valence-electron chi connectivity index (χ1n) is 4.02. The Morgan fingerprint density at radius 1 is 1.20 bits per heavy atom. The molecule has 0 atom stereocenters. The van der Waals surface area contributed by atoms with Crippen molar-refractivity contribution in [3.63, 3.8) is 0 Å². The summed E-state index contributed by atoms with van der Waals surface area (Å²) in [5, 5.41) is 2.04. The fourth-order valence-electron chi connectivity index (χ4n) is 1.09. The van der Waals surface area contributed by atoms with Crippen molar-refractivity contribution in [1.82, 2.24) is 9.97 Å². The van der Waals surface area contributed by atoms with E-state index in [1.54, 1.807) is 12.3 Å². The van der Waals surface area contributed by atoms with Crippen molar-refractivity contribution in [3.8, 4) is 10.6 Å². The molecule has 0 fully saturated rings. The molecule has 0 saturated carbocycles. The third-order valence-corrected chi connectivity index (χ3v) is 3.62. The molecule has 2 aromatic rings. The topological polar surface area (TPSA) is 25.8 Å². The highest BCUT2D eigenvalue weighted by Gasteiger charge is 2.11. The molecule has 0 radical (unpaired) electrons. The number of aryl methyl sites for hydroxylation is 1. The summed E-state index contributed by atoms with van der Waals surface area (Å²) in [6, 6.07) is 1.59. The maximum atomic E-state index is 6.02. The van der Waals surface area contributed by atoms with Crippen LogP contribution in [0.1, 0.15) is 5.01 Å². The molecular formula is C9H5Cl3N2S. The van der Waals surface area contributed by atoms with Crippen LogP contribution in [-0.2, 0) is 0 Å². The fraction of sp³-hybridized carbons (Fsp3) is 0.111. The number of thiazole rings is 1. The van der Waals surface area contributed by atoms with Crippen LogP contribution in [-0.4, -0.2) is 9.97 Å². The minimum atomic E-state index is 0.252. The van der Waals surface area contributed by atoms with Crippen LogP contribution in [0.5, 0.6) is 0 Å². The number of pyridine rings is 1. The first kappa shape index (κ1) is 11.1. The van der Waals surface area contributed by atoms with E-state index in [0.717, 1.165) is 9.88 Å². The van der Waals surface area contributed by atoms with Gasteiger partial charge in [-0.15, -0.1) is 11.3 Å². The Labute approximate surface area is 106 Å². The second kappa shape index (κ2) is 4.26. The van der Waals surface area contributed by atoms with Gasteiger partial charge >= 0.3 is 0 Å². The highest BCUT2D eigenvalue weighted by Crippen LogP contribution is 2.34. The predicted molar refractivity (Wildman–Crippen MR) is 65.1 cm³/mol. The average molecular weight is 280 g/mol. The molecule has 78 valence electrons. The number of nitrogens with zero attached hydrogens (tertiary/aromatic N) is 2. The highest BCUT2D eigenvalue weighted by atomic mass is 35.5. The average Bonchev–Trinajstić information content (AvgIpc) is 2.58. The van der Waals surface area contributed by atoms with Crippen molar-refractivity contribution in [3.05, 3.63) is 32.5 Å². The lowest BCUT2D eigenvalue weighted by Gasteiger charge is -2.02. The van der Waals surface area contributed by atoms with Crippen LogP contribution in [0.15, 0.2) is 12.3 Å². The van der Waals surface area contributed by atoms with Gasteiger partial charge in [-0.1, -0.05) is 34.8 Å². The molecule has 2 aromatic heterocycles. The second-order valence-corrected chi connectivity index (χ2v) is 5.24. The normalized spacial score (nSPS) is 10.7. The molecule has 6 heteroatoms. The summed E-state index contributed by atoms with van der Waals surface area (Å²) in [4.78, 5) is 9.14. The second-order valence-electron chi connectivity index (χ2n) is 2.83. The molecule has 0 aliphatic heterocycles. The van der Waals surface area contributed by atoms with Crippen LogP contribution >= 0.6 is 46.1 Å². The van der Waals surface area contributed by atoms with E-state index in [4.69, 9.17) is 34.8 Å². The number of rotatable bonds is 1. The number of hydrogen-bond acceptors (Lipinski definition) is 3. The van der Waals surface area contributed by atoms with E-state index in [-0.39, 0.29) is 5.15 Å². The molecule has 0 unspecified atom stereocenters. The third-order valence-electron chi connectivity index (χ3n) is 1.74. The molecule has 15 heavy (non-hydrogen) atoms. The summed E-state index contributed by atoms with van der Waals surface area (Å²) in [6.07, 6.45) is 1.72. The summed E-state index contributed by atoms with van der Waals surface area (Å²) in [6.45, 7) is 1.92. The standard InChI is InChI=1S/C9H5Cl3N2S/c1-4-13-3-7(15-4)8-5(10)2-6(11)9(12)14-8/h2-3H,1H3. The highest BCUT2D eigenvalue weighted by molar-refractivity contribution is 7.15. The van der Waals surface area contributed by atoms with Crippen LogP contribution in [0.2, 0.25) is 15.2 Å². The zero-order valence-electron chi connectivity index (χ0n) is 7.59. The Kier molecular flexibility index (Phi) is 3.16. The molecule has 0 aliphatic carbocycles. The molecular weight excluding hydrogens is 275 g/mol. The number of hydrogen-bond donors (Lipinski definition) is 0. The van der Waals surface area contributed by atoms with Gasteiger partial charge in [0.25, 0.3) is 0 Å². The van der Waals surface area contributed by atoms with E-state index in [1.807, 2.05) is 6.92 Å². The van der Waals surface area contributed by atoms with Gasteiger partial charge in [0.1, 0.15) is 10.8 Å². The van der Waals surface area contributed by atoms with Crippen molar-refractivity contribution < 1.29 is 0 Å². The van der Waals surface area contributed by atoms with Gasteiger partial charge in [0.05, 0.1) is 19.9 Å². The van der Waals surface area contributed by atoms with E-state index in [9.17, 15) is 0 Å². The summed E-state index contributed by atoms with van der Waals surface area (Å²) < 4.78 is 0. The monoisotopic (exact) mass is 278 g/mol. The zero-order chi connectivity index (χ0) is 11.0. The van der Waals surface area contributed by atoms with E-state index in [2.05, 4.69) is 9.97 Å².